The van der Waals surface area contributed by atoms with E-state index in [0.717, 1.165) is 32.1 Å². The van der Waals surface area contributed by atoms with Gasteiger partial charge in [-0.2, -0.15) is 0 Å². The Morgan fingerprint density at radius 3 is 2.40 bits per heavy atom. The fourth-order valence-electron chi connectivity index (χ4n) is 2.79. The van der Waals surface area contributed by atoms with Gasteiger partial charge in [0.2, 0.25) is 0 Å². The molecule has 1 aromatic rings. The summed E-state index contributed by atoms with van der Waals surface area (Å²) in [6.45, 7) is 9.41. The molecular formula is C19H32N2O4. The fraction of sp³-hybridized carbons (Fsp3) is 0.737. The van der Waals surface area contributed by atoms with Crippen LogP contribution in [0.2, 0.25) is 0 Å². The summed E-state index contributed by atoms with van der Waals surface area (Å²) in [5, 5.41) is 0. The number of aromatic nitrogens is 2. The summed E-state index contributed by atoms with van der Waals surface area (Å²) in [5.41, 5.74) is -0.744. The lowest BCUT2D eigenvalue weighted by molar-refractivity contribution is -0.151. The minimum atomic E-state index is -0.375. The average molecular weight is 352 g/mol. The van der Waals surface area contributed by atoms with Gasteiger partial charge in [-0.15, -0.1) is 0 Å². The molecule has 0 aliphatic carbocycles. The number of nitrogens with one attached hydrogen (secondary N) is 1. The molecule has 0 saturated carbocycles. The minimum Gasteiger partial charge on any atom is -0.465 e. The van der Waals surface area contributed by atoms with Crippen molar-refractivity contribution >= 4 is 5.97 Å². The number of carbonyl (C=O) groups excluding carboxylic acids is 1. The van der Waals surface area contributed by atoms with E-state index in [4.69, 9.17) is 4.74 Å². The summed E-state index contributed by atoms with van der Waals surface area (Å²) in [6.07, 6.45) is 5.96. The highest BCUT2D eigenvalue weighted by Crippen LogP contribution is 2.21. The quantitative estimate of drug-likeness (QED) is 0.490. The maximum atomic E-state index is 12.2. The normalized spacial score (nSPS) is 12.6. The van der Waals surface area contributed by atoms with Gasteiger partial charge in [0.25, 0.3) is 5.56 Å². The summed E-state index contributed by atoms with van der Waals surface area (Å²) < 4.78 is 6.93. The molecular weight excluding hydrogens is 320 g/mol. The Labute approximate surface area is 149 Å². The molecule has 25 heavy (non-hydrogen) atoms. The predicted octanol–water partition coefficient (Wildman–Crippen LogP) is 2.96. The molecule has 0 bridgehead atoms. The van der Waals surface area contributed by atoms with Gasteiger partial charge in [-0.05, 0) is 37.5 Å². The van der Waals surface area contributed by atoms with Crippen LogP contribution in [0.4, 0.5) is 0 Å². The van der Waals surface area contributed by atoms with Gasteiger partial charge in [0.05, 0.1) is 12.5 Å². The first-order chi connectivity index (χ1) is 11.8. The van der Waals surface area contributed by atoms with Crippen molar-refractivity contribution in [3.8, 4) is 0 Å². The summed E-state index contributed by atoms with van der Waals surface area (Å²) in [6, 6.07) is 1.35. The highest BCUT2D eigenvalue weighted by atomic mass is 16.5. The molecule has 0 aromatic carbocycles. The molecule has 0 radical (unpaired) electrons. The largest absolute Gasteiger partial charge is 0.465 e. The predicted molar refractivity (Wildman–Crippen MR) is 98.5 cm³/mol. The third-order valence-corrected chi connectivity index (χ3v) is 4.27. The Kier molecular flexibility index (Phi) is 9.24. The zero-order chi connectivity index (χ0) is 18.8. The van der Waals surface area contributed by atoms with Gasteiger partial charge in [-0.1, -0.05) is 34.1 Å². The van der Waals surface area contributed by atoms with Gasteiger partial charge in [0.15, 0.2) is 0 Å². The number of hydrogen-bond acceptors (Lipinski definition) is 4. The van der Waals surface area contributed by atoms with Gasteiger partial charge in [-0.25, -0.2) is 4.79 Å². The zero-order valence-corrected chi connectivity index (χ0v) is 15.9. The third kappa shape index (κ3) is 8.18. The molecule has 1 rings (SSSR count). The highest BCUT2D eigenvalue weighted by molar-refractivity contribution is 5.72. The average Bonchev–Trinajstić information content (AvgIpc) is 2.52. The summed E-state index contributed by atoms with van der Waals surface area (Å²) >= 11 is 0. The molecule has 0 spiro atoms. The molecule has 0 saturated heterocycles. The molecule has 1 atom stereocenters. The standard InChI is InChI=1S/C19H32N2O4/c1-14(2)13-16(15(3)4)18(23)25-12-8-6-5-7-10-21-11-9-17(22)20-19(21)24/h9,11,14-16H,5-8,10,12-13H2,1-4H3,(H,20,22,24). The Morgan fingerprint density at radius 1 is 1.12 bits per heavy atom. The first kappa shape index (κ1) is 21.2. The van der Waals surface area contributed by atoms with Crippen LogP contribution in [-0.4, -0.2) is 22.1 Å². The molecule has 6 nitrogen and oxygen atoms in total. The first-order valence-electron chi connectivity index (χ1n) is 9.27. The van der Waals surface area contributed by atoms with Crippen LogP contribution in [0.15, 0.2) is 21.9 Å². The highest BCUT2D eigenvalue weighted by Gasteiger charge is 2.24. The Morgan fingerprint density at radius 2 is 1.80 bits per heavy atom. The SMILES string of the molecule is CC(C)CC(C(=O)OCCCCCCn1ccc(=O)[nH]c1=O)C(C)C. The number of aromatic amines is 1. The van der Waals surface area contributed by atoms with E-state index >= 15 is 0 Å². The monoisotopic (exact) mass is 352 g/mol. The van der Waals surface area contributed by atoms with Crippen LogP contribution in [0.3, 0.4) is 0 Å². The van der Waals surface area contributed by atoms with E-state index in [1.165, 1.54) is 16.8 Å². The first-order valence-corrected chi connectivity index (χ1v) is 9.27. The van der Waals surface area contributed by atoms with Gasteiger partial charge in [-0.3, -0.25) is 14.6 Å². The fourth-order valence-corrected chi connectivity index (χ4v) is 2.79. The maximum Gasteiger partial charge on any atom is 0.328 e. The molecule has 0 aliphatic rings. The lowest BCUT2D eigenvalue weighted by Gasteiger charge is -2.21. The number of ether oxygens (including phenoxy) is 1. The van der Waals surface area contributed by atoms with Crippen molar-refractivity contribution in [2.75, 3.05) is 6.61 Å². The number of hydrogen-bond donors (Lipinski definition) is 1. The number of H-pyrrole nitrogens is 1. The second kappa shape index (κ2) is 10.9. The minimum absolute atomic E-state index is 0.0212. The van der Waals surface area contributed by atoms with Crippen LogP contribution in [0.25, 0.3) is 0 Å². The molecule has 142 valence electrons. The third-order valence-electron chi connectivity index (χ3n) is 4.27. The number of unbranched alkanes of at least 4 members (excludes halogenated alkanes) is 3. The van der Waals surface area contributed by atoms with Crippen molar-refractivity contribution in [1.29, 1.82) is 0 Å². The molecule has 1 unspecified atom stereocenters. The van der Waals surface area contributed by atoms with E-state index in [-0.39, 0.29) is 23.1 Å². The number of esters is 1. The van der Waals surface area contributed by atoms with Crippen LogP contribution in [-0.2, 0) is 16.1 Å². The lowest BCUT2D eigenvalue weighted by Crippen LogP contribution is -2.28. The molecule has 1 heterocycles. The van der Waals surface area contributed by atoms with Crippen LogP contribution < -0.4 is 11.2 Å². The maximum absolute atomic E-state index is 12.2. The topological polar surface area (TPSA) is 81.2 Å². The molecule has 0 aliphatic heterocycles. The van der Waals surface area contributed by atoms with Crippen molar-refractivity contribution in [1.82, 2.24) is 9.55 Å². The number of aryl methyl sites for hydroxylation is 1. The van der Waals surface area contributed by atoms with Crippen LogP contribution >= 0.6 is 0 Å². The van der Waals surface area contributed by atoms with Crippen molar-refractivity contribution in [2.24, 2.45) is 17.8 Å². The summed E-state index contributed by atoms with van der Waals surface area (Å²) in [5.74, 6) is 0.678. The second-order valence-electron chi connectivity index (χ2n) is 7.37. The smallest absolute Gasteiger partial charge is 0.328 e. The molecule has 1 N–H and O–H groups in total. The number of carbonyl (C=O) groups is 1. The number of rotatable bonds is 11. The molecule has 0 amide bonds. The zero-order valence-electron chi connectivity index (χ0n) is 15.9. The Bertz CT molecular complexity index is 631. The summed E-state index contributed by atoms with van der Waals surface area (Å²) in [4.78, 5) is 36.9. The van der Waals surface area contributed by atoms with Gasteiger partial charge >= 0.3 is 11.7 Å². The van der Waals surface area contributed by atoms with Crippen molar-refractivity contribution in [2.45, 2.75) is 66.3 Å². The van der Waals surface area contributed by atoms with E-state index in [0.29, 0.717) is 25.0 Å². The molecule has 0 fully saturated rings. The van der Waals surface area contributed by atoms with Crippen molar-refractivity contribution < 1.29 is 9.53 Å². The van der Waals surface area contributed by atoms with Crippen molar-refractivity contribution in [3.05, 3.63) is 33.1 Å². The molecule has 1 aromatic heterocycles. The Balaban J connectivity index is 2.20. The van der Waals surface area contributed by atoms with E-state index in [1.807, 2.05) is 0 Å². The van der Waals surface area contributed by atoms with Gasteiger partial charge in [0.1, 0.15) is 0 Å². The Hall–Kier alpha value is -1.85. The van der Waals surface area contributed by atoms with E-state index in [9.17, 15) is 14.4 Å². The molecule has 6 heteroatoms. The van der Waals surface area contributed by atoms with Gasteiger partial charge < -0.3 is 9.30 Å². The number of nitrogens with zero attached hydrogens (tertiary/aromatic N) is 1. The lowest BCUT2D eigenvalue weighted by atomic mass is 9.88. The van der Waals surface area contributed by atoms with Gasteiger partial charge in [0, 0.05) is 18.8 Å². The second-order valence-corrected chi connectivity index (χ2v) is 7.37. The van der Waals surface area contributed by atoms with E-state index in [2.05, 4.69) is 32.7 Å². The van der Waals surface area contributed by atoms with Crippen molar-refractivity contribution in [3.63, 3.8) is 0 Å². The van der Waals surface area contributed by atoms with Crippen LogP contribution in [0.5, 0.6) is 0 Å². The van der Waals surface area contributed by atoms with Crippen LogP contribution in [0, 0.1) is 17.8 Å². The van der Waals surface area contributed by atoms with E-state index in [1.54, 1.807) is 0 Å². The van der Waals surface area contributed by atoms with Crippen LogP contribution in [0.1, 0.15) is 59.8 Å². The van der Waals surface area contributed by atoms with E-state index < -0.39 is 0 Å². The summed E-state index contributed by atoms with van der Waals surface area (Å²) in [7, 11) is 0.